The van der Waals surface area contributed by atoms with Crippen molar-refractivity contribution < 1.29 is 0 Å². The quantitative estimate of drug-likeness (QED) is 0.495. The van der Waals surface area contributed by atoms with E-state index in [1.807, 2.05) is 6.92 Å². The summed E-state index contributed by atoms with van der Waals surface area (Å²) in [5, 5.41) is 0. The second kappa shape index (κ2) is 7.59. The zero-order valence-corrected chi connectivity index (χ0v) is 13.7. The molecule has 0 atom stereocenters. The van der Waals surface area contributed by atoms with Crippen LogP contribution < -0.4 is 16.2 Å². The predicted octanol–water partition coefficient (Wildman–Crippen LogP) is 3.18. The molecule has 5 nitrogen and oxygen atoms in total. The fourth-order valence-electron chi connectivity index (χ4n) is 3.19. The molecule has 1 aromatic heterocycles. The molecule has 2 rings (SSSR count). The van der Waals surface area contributed by atoms with Crippen molar-refractivity contribution in [2.24, 2.45) is 5.84 Å². The summed E-state index contributed by atoms with van der Waals surface area (Å²) in [5.74, 6) is 8.30. The fourth-order valence-corrected chi connectivity index (χ4v) is 3.19. The van der Waals surface area contributed by atoms with Gasteiger partial charge in [-0.15, -0.1) is 0 Å². The third kappa shape index (κ3) is 3.84. The molecule has 0 radical (unpaired) electrons. The van der Waals surface area contributed by atoms with Crippen LogP contribution in [0.3, 0.4) is 0 Å². The molecule has 0 unspecified atom stereocenters. The fraction of sp³-hybridized carbons (Fsp3) is 0.750. The maximum absolute atomic E-state index is 5.63. The molecule has 21 heavy (non-hydrogen) atoms. The van der Waals surface area contributed by atoms with Crippen molar-refractivity contribution in [1.29, 1.82) is 0 Å². The van der Waals surface area contributed by atoms with Crippen LogP contribution in [0.25, 0.3) is 0 Å². The topological polar surface area (TPSA) is 67.1 Å². The average molecular weight is 291 g/mol. The highest BCUT2D eigenvalue weighted by Crippen LogP contribution is 2.28. The molecule has 0 amide bonds. The number of hydrogen-bond donors (Lipinski definition) is 2. The van der Waals surface area contributed by atoms with Crippen LogP contribution >= 0.6 is 0 Å². The van der Waals surface area contributed by atoms with Crippen LogP contribution in [0.5, 0.6) is 0 Å². The number of hydrogen-bond acceptors (Lipinski definition) is 5. The highest BCUT2D eigenvalue weighted by Gasteiger charge is 2.21. The number of aryl methyl sites for hydroxylation is 1. The molecule has 1 aliphatic rings. The van der Waals surface area contributed by atoms with E-state index in [1.54, 1.807) is 0 Å². The highest BCUT2D eigenvalue weighted by molar-refractivity contribution is 5.58. The number of nitrogen functional groups attached to an aromatic ring is 1. The number of nitrogens with two attached hydrogens (primary N) is 1. The molecule has 0 saturated heterocycles. The second-order valence-corrected chi connectivity index (χ2v) is 6.09. The van der Waals surface area contributed by atoms with Crippen LogP contribution in [-0.2, 0) is 6.42 Å². The Balaban J connectivity index is 2.29. The lowest BCUT2D eigenvalue weighted by atomic mass is 10.1. The van der Waals surface area contributed by atoms with E-state index in [1.165, 1.54) is 38.5 Å². The first-order valence-electron chi connectivity index (χ1n) is 8.24. The van der Waals surface area contributed by atoms with E-state index in [2.05, 4.69) is 29.3 Å². The first kappa shape index (κ1) is 16.0. The summed E-state index contributed by atoms with van der Waals surface area (Å²) in [6, 6.07) is 0.584. The lowest BCUT2D eigenvalue weighted by molar-refractivity contribution is 0.547. The maximum Gasteiger partial charge on any atom is 0.148 e. The Morgan fingerprint density at radius 3 is 2.43 bits per heavy atom. The molecule has 1 aromatic rings. The summed E-state index contributed by atoms with van der Waals surface area (Å²) >= 11 is 0. The third-order valence-electron chi connectivity index (χ3n) is 4.48. The maximum atomic E-state index is 5.63. The number of nitrogens with one attached hydrogen (secondary N) is 1. The van der Waals surface area contributed by atoms with Gasteiger partial charge in [0.05, 0.1) is 0 Å². The molecule has 0 aliphatic heterocycles. The Morgan fingerprint density at radius 1 is 1.19 bits per heavy atom. The monoisotopic (exact) mass is 291 g/mol. The van der Waals surface area contributed by atoms with Gasteiger partial charge >= 0.3 is 0 Å². The number of aromatic nitrogens is 2. The summed E-state index contributed by atoms with van der Waals surface area (Å²) in [6.07, 6.45) is 9.82. The molecule has 5 heteroatoms. The van der Waals surface area contributed by atoms with E-state index < -0.39 is 0 Å². The molecule has 1 saturated carbocycles. The smallest absolute Gasteiger partial charge is 0.148 e. The Morgan fingerprint density at radius 2 is 1.86 bits per heavy atom. The summed E-state index contributed by atoms with van der Waals surface area (Å²) in [6.45, 7) is 4.20. The first-order valence-corrected chi connectivity index (χ1v) is 8.24. The van der Waals surface area contributed by atoms with Crippen molar-refractivity contribution in [2.75, 3.05) is 17.4 Å². The minimum atomic E-state index is 0.584. The van der Waals surface area contributed by atoms with Gasteiger partial charge in [-0.2, -0.15) is 0 Å². The SMILES string of the molecule is CCCc1nc(NN)c(C)c(N(C)C2CCCCCC2)n1. The third-order valence-corrected chi connectivity index (χ3v) is 4.48. The van der Waals surface area contributed by atoms with Crippen LogP contribution in [0.15, 0.2) is 0 Å². The Labute approximate surface area is 128 Å². The standard InChI is InChI=1S/C16H29N5/c1-4-9-14-18-15(20-17)12(2)16(19-14)21(3)13-10-7-5-6-8-11-13/h13H,4-11,17H2,1-3H3,(H,18,19,20). The van der Waals surface area contributed by atoms with Crippen molar-refractivity contribution in [3.05, 3.63) is 11.4 Å². The first-order chi connectivity index (χ1) is 10.2. The van der Waals surface area contributed by atoms with E-state index in [0.29, 0.717) is 6.04 Å². The van der Waals surface area contributed by atoms with Gasteiger partial charge in [0, 0.05) is 25.1 Å². The van der Waals surface area contributed by atoms with E-state index in [-0.39, 0.29) is 0 Å². The summed E-state index contributed by atoms with van der Waals surface area (Å²) in [7, 11) is 2.17. The van der Waals surface area contributed by atoms with Gasteiger partial charge in [-0.25, -0.2) is 15.8 Å². The zero-order valence-electron chi connectivity index (χ0n) is 13.7. The number of rotatable bonds is 5. The van der Waals surface area contributed by atoms with E-state index in [4.69, 9.17) is 10.8 Å². The molecule has 1 aliphatic carbocycles. The molecule has 3 N–H and O–H groups in total. The van der Waals surface area contributed by atoms with Gasteiger partial charge in [0.25, 0.3) is 0 Å². The number of nitrogens with zero attached hydrogens (tertiary/aromatic N) is 3. The van der Waals surface area contributed by atoms with Gasteiger partial charge < -0.3 is 10.3 Å². The van der Waals surface area contributed by atoms with Gasteiger partial charge in [-0.3, -0.25) is 0 Å². The van der Waals surface area contributed by atoms with Crippen LogP contribution in [-0.4, -0.2) is 23.1 Å². The van der Waals surface area contributed by atoms with Crippen molar-refractivity contribution in [1.82, 2.24) is 9.97 Å². The summed E-state index contributed by atoms with van der Waals surface area (Å²) in [5.41, 5.74) is 3.77. The average Bonchev–Trinajstić information content (AvgIpc) is 2.77. The molecule has 0 bridgehead atoms. The van der Waals surface area contributed by atoms with E-state index in [0.717, 1.165) is 35.9 Å². The highest BCUT2D eigenvalue weighted by atomic mass is 15.3. The predicted molar refractivity (Wildman–Crippen MR) is 88.5 cm³/mol. The van der Waals surface area contributed by atoms with Crippen molar-refractivity contribution >= 4 is 11.6 Å². The van der Waals surface area contributed by atoms with Crippen LogP contribution in [0.4, 0.5) is 11.6 Å². The zero-order chi connectivity index (χ0) is 15.2. The van der Waals surface area contributed by atoms with Gasteiger partial charge in [-0.1, -0.05) is 32.6 Å². The normalized spacial score (nSPS) is 16.6. The molecule has 0 aromatic carbocycles. The van der Waals surface area contributed by atoms with Gasteiger partial charge in [-0.05, 0) is 26.2 Å². The molecule has 118 valence electrons. The minimum Gasteiger partial charge on any atom is -0.356 e. The van der Waals surface area contributed by atoms with Crippen LogP contribution in [0.2, 0.25) is 0 Å². The van der Waals surface area contributed by atoms with E-state index in [9.17, 15) is 0 Å². The van der Waals surface area contributed by atoms with Crippen molar-refractivity contribution in [3.63, 3.8) is 0 Å². The summed E-state index contributed by atoms with van der Waals surface area (Å²) in [4.78, 5) is 11.7. The number of anilines is 2. The lowest BCUT2D eigenvalue weighted by Crippen LogP contribution is -2.33. The number of hydrazine groups is 1. The molecular weight excluding hydrogens is 262 g/mol. The lowest BCUT2D eigenvalue weighted by Gasteiger charge is -2.30. The largest absolute Gasteiger partial charge is 0.356 e. The van der Waals surface area contributed by atoms with Gasteiger partial charge in [0.15, 0.2) is 0 Å². The summed E-state index contributed by atoms with van der Waals surface area (Å²) < 4.78 is 0. The van der Waals surface area contributed by atoms with E-state index >= 15 is 0 Å². The minimum absolute atomic E-state index is 0.584. The molecular formula is C16H29N5. The van der Waals surface area contributed by atoms with Crippen LogP contribution in [0.1, 0.15) is 63.3 Å². The van der Waals surface area contributed by atoms with Crippen molar-refractivity contribution in [2.45, 2.75) is 71.3 Å². The molecule has 1 fully saturated rings. The molecule has 1 heterocycles. The Hall–Kier alpha value is -1.36. The van der Waals surface area contributed by atoms with Crippen LogP contribution in [0, 0.1) is 6.92 Å². The molecule has 0 spiro atoms. The van der Waals surface area contributed by atoms with Crippen molar-refractivity contribution in [3.8, 4) is 0 Å². The van der Waals surface area contributed by atoms with Gasteiger partial charge in [0.2, 0.25) is 0 Å². The second-order valence-electron chi connectivity index (χ2n) is 6.09. The Kier molecular flexibility index (Phi) is 5.79. The Bertz CT molecular complexity index is 452. The van der Waals surface area contributed by atoms with Gasteiger partial charge in [0.1, 0.15) is 17.5 Å².